The van der Waals surface area contributed by atoms with Gasteiger partial charge in [-0.3, -0.25) is 9.36 Å². The lowest BCUT2D eigenvalue weighted by Gasteiger charge is -2.29. The first-order chi connectivity index (χ1) is 8.11. The summed E-state index contributed by atoms with van der Waals surface area (Å²) in [5.41, 5.74) is 0.0318. The van der Waals surface area contributed by atoms with Gasteiger partial charge >= 0.3 is 11.7 Å². The second kappa shape index (κ2) is 4.57. The molecule has 0 spiro atoms. The van der Waals surface area contributed by atoms with E-state index in [9.17, 15) is 9.59 Å². The molecule has 0 radical (unpaired) electrons. The van der Waals surface area contributed by atoms with Crippen molar-refractivity contribution in [2.75, 3.05) is 7.11 Å². The summed E-state index contributed by atoms with van der Waals surface area (Å²) < 4.78 is 6.37. The summed E-state index contributed by atoms with van der Waals surface area (Å²) in [6.45, 7) is 0. The predicted molar refractivity (Wildman–Crippen MR) is 59.3 cm³/mol. The van der Waals surface area contributed by atoms with E-state index in [-0.39, 0.29) is 18.3 Å². The van der Waals surface area contributed by atoms with Crippen LogP contribution in [0.5, 0.6) is 5.88 Å². The molecule has 2 rings (SSSR count). The van der Waals surface area contributed by atoms with E-state index in [4.69, 9.17) is 9.84 Å². The van der Waals surface area contributed by atoms with Gasteiger partial charge in [-0.25, -0.2) is 4.79 Å². The molecule has 1 aromatic heterocycles. The van der Waals surface area contributed by atoms with E-state index in [1.165, 1.54) is 17.7 Å². The fraction of sp³-hybridized carbons (Fsp3) is 0.545. The third-order valence-electron chi connectivity index (χ3n) is 2.99. The molecule has 6 heteroatoms. The van der Waals surface area contributed by atoms with E-state index in [0.717, 1.165) is 19.3 Å². The smallest absolute Gasteiger partial charge is 0.351 e. The number of carboxylic acids is 1. The van der Waals surface area contributed by atoms with Crippen LogP contribution in [0, 0.1) is 0 Å². The molecular formula is C11H14N2O4. The Morgan fingerprint density at radius 3 is 2.82 bits per heavy atom. The van der Waals surface area contributed by atoms with Crippen molar-refractivity contribution in [2.45, 2.75) is 31.7 Å². The molecule has 0 aliphatic heterocycles. The normalized spacial score (nSPS) is 15.4. The van der Waals surface area contributed by atoms with Crippen molar-refractivity contribution in [3.05, 3.63) is 22.2 Å². The van der Waals surface area contributed by atoms with E-state index < -0.39 is 11.7 Å². The van der Waals surface area contributed by atoms with Gasteiger partial charge in [-0.05, 0) is 19.3 Å². The number of aromatic nitrogens is 2. The Bertz CT molecular complexity index is 491. The molecular weight excluding hydrogens is 224 g/mol. The summed E-state index contributed by atoms with van der Waals surface area (Å²) in [5.74, 6) is -0.799. The predicted octanol–water partition coefficient (Wildman–Crippen LogP) is 0.604. The number of hydrogen-bond acceptors (Lipinski definition) is 4. The third-order valence-corrected chi connectivity index (χ3v) is 2.99. The van der Waals surface area contributed by atoms with Crippen LogP contribution in [0.15, 0.2) is 10.9 Å². The summed E-state index contributed by atoms with van der Waals surface area (Å²) in [5, 5.41) is 8.84. The number of ether oxygens (including phenoxy) is 1. The molecule has 0 atom stereocenters. The van der Waals surface area contributed by atoms with Gasteiger partial charge in [0.05, 0.1) is 13.5 Å². The molecule has 0 unspecified atom stereocenters. The lowest BCUT2D eigenvalue weighted by atomic mass is 9.92. The van der Waals surface area contributed by atoms with Crippen molar-refractivity contribution in [2.24, 2.45) is 0 Å². The van der Waals surface area contributed by atoms with Gasteiger partial charge in [0, 0.05) is 17.8 Å². The van der Waals surface area contributed by atoms with Gasteiger partial charge < -0.3 is 9.84 Å². The second-order valence-corrected chi connectivity index (χ2v) is 4.10. The molecule has 1 aromatic rings. The molecule has 6 nitrogen and oxygen atoms in total. The first-order valence-electron chi connectivity index (χ1n) is 5.50. The number of rotatable bonds is 4. The van der Waals surface area contributed by atoms with Gasteiger partial charge in [0.2, 0.25) is 5.88 Å². The van der Waals surface area contributed by atoms with E-state index >= 15 is 0 Å². The van der Waals surface area contributed by atoms with Gasteiger partial charge in [-0.1, -0.05) is 0 Å². The maximum Gasteiger partial charge on any atom is 0.351 e. The Balaban J connectivity index is 2.46. The maximum absolute atomic E-state index is 11.8. The van der Waals surface area contributed by atoms with Crippen molar-refractivity contribution in [3.63, 3.8) is 0 Å². The van der Waals surface area contributed by atoms with E-state index in [2.05, 4.69) is 4.98 Å². The average Bonchev–Trinajstić information content (AvgIpc) is 2.18. The second-order valence-electron chi connectivity index (χ2n) is 4.10. The molecule has 17 heavy (non-hydrogen) atoms. The highest BCUT2D eigenvalue weighted by Crippen LogP contribution is 2.31. The van der Waals surface area contributed by atoms with Gasteiger partial charge in [-0.2, -0.15) is 4.98 Å². The van der Waals surface area contributed by atoms with Crippen molar-refractivity contribution in [1.82, 2.24) is 9.55 Å². The Kier molecular flexibility index (Phi) is 3.12. The van der Waals surface area contributed by atoms with Crippen LogP contribution in [-0.2, 0) is 11.2 Å². The van der Waals surface area contributed by atoms with Crippen LogP contribution >= 0.6 is 0 Å². The highest BCUT2D eigenvalue weighted by molar-refractivity contribution is 5.69. The summed E-state index contributed by atoms with van der Waals surface area (Å²) in [6, 6.07) is 1.61. The standard InChI is InChI=1S/C11H14N2O4/c1-17-9-5-8(6-10(14)15)13(11(16)12-9)7-3-2-4-7/h5,7H,2-4,6H2,1H3,(H,14,15). The monoisotopic (exact) mass is 238 g/mol. The zero-order valence-corrected chi connectivity index (χ0v) is 9.55. The zero-order valence-electron chi connectivity index (χ0n) is 9.55. The summed E-state index contributed by atoms with van der Waals surface area (Å²) in [4.78, 5) is 26.4. The van der Waals surface area contributed by atoms with Crippen LogP contribution in [0.3, 0.4) is 0 Å². The quantitative estimate of drug-likeness (QED) is 0.830. The van der Waals surface area contributed by atoms with Crippen LogP contribution in [0.4, 0.5) is 0 Å². The lowest BCUT2D eigenvalue weighted by molar-refractivity contribution is -0.136. The minimum Gasteiger partial charge on any atom is -0.481 e. The fourth-order valence-corrected chi connectivity index (χ4v) is 1.95. The number of aliphatic carboxylic acids is 1. The Hall–Kier alpha value is -1.85. The van der Waals surface area contributed by atoms with Crippen LogP contribution in [0.25, 0.3) is 0 Å². The first kappa shape index (κ1) is 11.6. The van der Waals surface area contributed by atoms with Crippen LogP contribution in [0.2, 0.25) is 0 Å². The lowest BCUT2D eigenvalue weighted by Crippen LogP contribution is -2.34. The molecule has 0 bridgehead atoms. The molecule has 92 valence electrons. The van der Waals surface area contributed by atoms with Crippen LogP contribution in [0.1, 0.15) is 31.0 Å². The van der Waals surface area contributed by atoms with Crippen molar-refractivity contribution >= 4 is 5.97 Å². The first-order valence-corrected chi connectivity index (χ1v) is 5.50. The summed E-state index contributed by atoms with van der Waals surface area (Å²) in [6.07, 6.45) is 2.68. The van der Waals surface area contributed by atoms with Gasteiger partial charge in [0.25, 0.3) is 0 Å². The Morgan fingerprint density at radius 2 is 2.35 bits per heavy atom. The molecule has 1 N–H and O–H groups in total. The Labute approximate surface area is 97.9 Å². The fourth-order valence-electron chi connectivity index (χ4n) is 1.95. The molecule has 0 aromatic carbocycles. The number of methoxy groups -OCH3 is 1. The number of carbonyl (C=O) groups is 1. The SMILES string of the molecule is COc1cc(CC(=O)O)n(C2CCC2)c(=O)n1. The summed E-state index contributed by atoms with van der Waals surface area (Å²) >= 11 is 0. The molecule has 1 aliphatic carbocycles. The molecule has 1 aliphatic rings. The van der Waals surface area contributed by atoms with Crippen molar-refractivity contribution in [1.29, 1.82) is 0 Å². The van der Waals surface area contributed by atoms with Gasteiger partial charge in [0.1, 0.15) is 0 Å². The highest BCUT2D eigenvalue weighted by Gasteiger charge is 2.24. The van der Waals surface area contributed by atoms with Crippen molar-refractivity contribution in [3.8, 4) is 5.88 Å². The topological polar surface area (TPSA) is 81.4 Å². The van der Waals surface area contributed by atoms with Crippen LogP contribution < -0.4 is 10.4 Å². The minimum atomic E-state index is -0.967. The summed E-state index contributed by atoms with van der Waals surface area (Å²) in [7, 11) is 1.40. The van der Waals surface area contributed by atoms with E-state index in [1.807, 2.05) is 0 Å². The van der Waals surface area contributed by atoms with Crippen LogP contribution in [-0.4, -0.2) is 27.7 Å². The highest BCUT2D eigenvalue weighted by atomic mass is 16.5. The molecule has 1 fully saturated rings. The van der Waals surface area contributed by atoms with Gasteiger partial charge in [0.15, 0.2) is 0 Å². The number of carboxylic acid groups (broad SMARTS) is 1. The number of hydrogen-bond donors (Lipinski definition) is 1. The third kappa shape index (κ3) is 2.30. The largest absolute Gasteiger partial charge is 0.481 e. The molecule has 0 saturated heterocycles. The van der Waals surface area contributed by atoms with E-state index in [0.29, 0.717) is 5.69 Å². The zero-order chi connectivity index (χ0) is 12.4. The molecule has 1 heterocycles. The van der Waals surface area contributed by atoms with Gasteiger partial charge in [-0.15, -0.1) is 0 Å². The molecule has 1 saturated carbocycles. The van der Waals surface area contributed by atoms with Crippen molar-refractivity contribution < 1.29 is 14.6 Å². The average molecular weight is 238 g/mol. The Morgan fingerprint density at radius 1 is 1.65 bits per heavy atom. The van der Waals surface area contributed by atoms with E-state index in [1.54, 1.807) is 0 Å². The minimum absolute atomic E-state index is 0.0928. The maximum atomic E-state index is 11.8. The number of nitrogens with zero attached hydrogens (tertiary/aromatic N) is 2. The molecule has 0 amide bonds.